The fourth-order valence-corrected chi connectivity index (χ4v) is 2.21. The molecule has 5 nitrogen and oxygen atoms in total. The molecule has 0 spiro atoms. The lowest BCUT2D eigenvalue weighted by Gasteiger charge is -2.11. The third kappa shape index (κ3) is 5.68. The number of benzene rings is 2. The minimum absolute atomic E-state index is 0.170. The summed E-state index contributed by atoms with van der Waals surface area (Å²) in [7, 11) is 1.51. The molecule has 0 saturated carbocycles. The number of amides is 1. The minimum atomic E-state index is -0.697. The molecule has 1 atom stereocenters. The molecule has 0 aliphatic heterocycles. The van der Waals surface area contributed by atoms with Gasteiger partial charge in [0.25, 0.3) is 5.91 Å². The summed E-state index contributed by atoms with van der Waals surface area (Å²) < 4.78 is 4.82. The van der Waals surface area contributed by atoms with Gasteiger partial charge in [0.1, 0.15) is 0 Å². The van der Waals surface area contributed by atoms with Gasteiger partial charge in [0.2, 0.25) is 0 Å². The van der Waals surface area contributed by atoms with Crippen molar-refractivity contribution >= 4 is 11.6 Å². The Morgan fingerprint density at radius 2 is 1.79 bits per heavy atom. The number of anilines is 1. The van der Waals surface area contributed by atoms with Gasteiger partial charge in [-0.3, -0.25) is 4.79 Å². The van der Waals surface area contributed by atoms with Crippen LogP contribution in [0.3, 0.4) is 0 Å². The molecule has 128 valence electrons. The molecule has 0 heterocycles. The van der Waals surface area contributed by atoms with Gasteiger partial charge in [0.15, 0.2) is 0 Å². The van der Waals surface area contributed by atoms with Crippen LogP contribution < -0.4 is 10.6 Å². The molecule has 0 radical (unpaired) electrons. The van der Waals surface area contributed by atoms with Crippen LogP contribution >= 0.6 is 0 Å². The van der Waals surface area contributed by atoms with E-state index in [4.69, 9.17) is 4.74 Å². The van der Waals surface area contributed by atoms with E-state index in [1.54, 1.807) is 12.1 Å². The molecule has 1 amide bonds. The fourth-order valence-electron chi connectivity index (χ4n) is 2.21. The van der Waals surface area contributed by atoms with Crippen molar-refractivity contribution in [2.75, 3.05) is 25.6 Å². The molecule has 0 saturated heterocycles. The van der Waals surface area contributed by atoms with Crippen LogP contribution in [-0.4, -0.2) is 37.4 Å². The zero-order chi connectivity index (χ0) is 17.4. The van der Waals surface area contributed by atoms with Crippen LogP contribution in [0.1, 0.15) is 21.5 Å². The molecule has 2 aromatic rings. The second-order valence-electron chi connectivity index (χ2n) is 5.74. The average Bonchev–Trinajstić information content (AvgIpc) is 2.60. The van der Waals surface area contributed by atoms with Crippen LogP contribution in [-0.2, 0) is 11.3 Å². The number of nitrogens with one attached hydrogen (secondary N) is 2. The maximum atomic E-state index is 12.0. The highest BCUT2D eigenvalue weighted by Gasteiger charge is 2.08. The molecular weight excluding hydrogens is 304 g/mol. The van der Waals surface area contributed by atoms with Crippen molar-refractivity contribution in [3.8, 4) is 0 Å². The molecular formula is C19H24N2O3. The van der Waals surface area contributed by atoms with Gasteiger partial charge >= 0.3 is 0 Å². The lowest BCUT2D eigenvalue weighted by molar-refractivity contribution is 0.0610. The Hall–Kier alpha value is -2.37. The van der Waals surface area contributed by atoms with Gasteiger partial charge in [-0.1, -0.05) is 29.8 Å². The predicted molar refractivity (Wildman–Crippen MR) is 95.2 cm³/mol. The Balaban J connectivity index is 1.83. The summed E-state index contributed by atoms with van der Waals surface area (Å²) in [5.41, 5.74) is 3.95. The van der Waals surface area contributed by atoms with Crippen molar-refractivity contribution < 1.29 is 14.6 Å². The monoisotopic (exact) mass is 328 g/mol. The van der Waals surface area contributed by atoms with E-state index in [0.717, 1.165) is 11.3 Å². The normalized spacial score (nSPS) is 11.8. The van der Waals surface area contributed by atoms with Gasteiger partial charge in [0, 0.05) is 31.5 Å². The second kappa shape index (κ2) is 9.05. The smallest absolute Gasteiger partial charge is 0.251 e. The summed E-state index contributed by atoms with van der Waals surface area (Å²) in [6.45, 7) is 3.12. The van der Waals surface area contributed by atoms with Crippen LogP contribution in [0.25, 0.3) is 0 Å². The first-order valence-electron chi connectivity index (χ1n) is 7.93. The predicted octanol–water partition coefficient (Wildman–Crippen LogP) is 2.34. The Kier molecular flexibility index (Phi) is 6.78. The van der Waals surface area contributed by atoms with Gasteiger partial charge in [-0.15, -0.1) is 0 Å². The highest BCUT2D eigenvalue weighted by molar-refractivity contribution is 5.94. The zero-order valence-electron chi connectivity index (χ0n) is 14.1. The second-order valence-corrected chi connectivity index (χ2v) is 5.74. The molecule has 5 heteroatoms. The highest BCUT2D eigenvalue weighted by Crippen LogP contribution is 2.11. The first-order valence-corrected chi connectivity index (χ1v) is 7.93. The molecule has 0 fully saturated rings. The number of aliphatic hydroxyl groups excluding tert-OH is 1. The Bertz CT molecular complexity index is 639. The number of ether oxygens (including phenoxy) is 1. The van der Waals surface area contributed by atoms with Crippen molar-refractivity contribution in [2.45, 2.75) is 19.6 Å². The van der Waals surface area contributed by atoms with E-state index < -0.39 is 6.10 Å². The minimum Gasteiger partial charge on any atom is -0.389 e. The molecule has 2 aromatic carbocycles. The van der Waals surface area contributed by atoms with Gasteiger partial charge in [-0.05, 0) is 36.8 Å². The van der Waals surface area contributed by atoms with Crippen LogP contribution in [0.2, 0.25) is 0 Å². The number of carbonyl (C=O) groups is 1. The molecule has 0 aromatic heterocycles. The highest BCUT2D eigenvalue weighted by atomic mass is 16.5. The number of rotatable bonds is 8. The van der Waals surface area contributed by atoms with Crippen LogP contribution in [0.4, 0.5) is 5.69 Å². The number of aliphatic hydroxyl groups is 1. The standard InChI is InChI=1S/C19H24N2O3/c1-14-3-9-17(10-4-14)20-11-15-5-7-16(8-6-15)19(23)21-12-18(22)13-24-2/h3-10,18,20,22H,11-13H2,1-2H3,(H,21,23)/t18-/m1/s1. The number of hydrogen-bond donors (Lipinski definition) is 3. The van der Waals surface area contributed by atoms with E-state index in [-0.39, 0.29) is 19.1 Å². The summed E-state index contributed by atoms with van der Waals surface area (Å²) in [6, 6.07) is 15.6. The van der Waals surface area contributed by atoms with E-state index in [0.29, 0.717) is 12.1 Å². The topological polar surface area (TPSA) is 70.6 Å². The van der Waals surface area contributed by atoms with E-state index in [9.17, 15) is 9.90 Å². The molecule has 0 bridgehead atoms. The SMILES string of the molecule is COC[C@H](O)CNC(=O)c1ccc(CNc2ccc(C)cc2)cc1. The maximum Gasteiger partial charge on any atom is 0.251 e. The van der Waals surface area contributed by atoms with Crippen LogP contribution in [0.15, 0.2) is 48.5 Å². The zero-order valence-corrected chi connectivity index (χ0v) is 14.1. The first-order chi connectivity index (χ1) is 11.6. The Labute approximate surface area is 142 Å². The van der Waals surface area contributed by atoms with Crippen molar-refractivity contribution in [3.05, 3.63) is 65.2 Å². The molecule has 0 aliphatic rings. The first kappa shape index (κ1) is 18.0. The van der Waals surface area contributed by atoms with Crippen molar-refractivity contribution in [3.63, 3.8) is 0 Å². The van der Waals surface area contributed by atoms with Crippen molar-refractivity contribution in [2.24, 2.45) is 0 Å². The van der Waals surface area contributed by atoms with Crippen LogP contribution in [0, 0.1) is 6.92 Å². The van der Waals surface area contributed by atoms with Crippen LogP contribution in [0.5, 0.6) is 0 Å². The largest absolute Gasteiger partial charge is 0.389 e. The van der Waals surface area contributed by atoms with E-state index in [2.05, 4.69) is 29.7 Å². The number of carbonyl (C=O) groups excluding carboxylic acids is 1. The van der Waals surface area contributed by atoms with Crippen molar-refractivity contribution in [1.29, 1.82) is 0 Å². The lowest BCUT2D eigenvalue weighted by atomic mass is 10.1. The lowest BCUT2D eigenvalue weighted by Crippen LogP contribution is -2.34. The van der Waals surface area contributed by atoms with E-state index >= 15 is 0 Å². The summed E-state index contributed by atoms with van der Waals surface area (Å²) in [5.74, 6) is -0.205. The molecule has 24 heavy (non-hydrogen) atoms. The third-order valence-corrected chi connectivity index (χ3v) is 3.62. The van der Waals surface area contributed by atoms with Crippen molar-refractivity contribution in [1.82, 2.24) is 5.32 Å². The molecule has 2 rings (SSSR count). The summed E-state index contributed by atoms with van der Waals surface area (Å²) in [6.07, 6.45) is -0.697. The molecule has 0 unspecified atom stereocenters. The third-order valence-electron chi connectivity index (χ3n) is 3.62. The molecule has 0 aliphatic carbocycles. The maximum absolute atomic E-state index is 12.0. The average molecular weight is 328 g/mol. The van der Waals surface area contributed by atoms with Gasteiger partial charge < -0.3 is 20.5 Å². The van der Waals surface area contributed by atoms with E-state index in [1.807, 2.05) is 24.3 Å². The Morgan fingerprint density at radius 1 is 1.12 bits per heavy atom. The summed E-state index contributed by atoms with van der Waals surface area (Å²) in [4.78, 5) is 12.0. The molecule has 3 N–H and O–H groups in total. The number of aryl methyl sites for hydroxylation is 1. The summed E-state index contributed by atoms with van der Waals surface area (Å²) in [5, 5.41) is 15.6. The van der Waals surface area contributed by atoms with Gasteiger partial charge in [-0.2, -0.15) is 0 Å². The number of hydrogen-bond acceptors (Lipinski definition) is 4. The Morgan fingerprint density at radius 3 is 2.42 bits per heavy atom. The van der Waals surface area contributed by atoms with E-state index in [1.165, 1.54) is 12.7 Å². The number of methoxy groups -OCH3 is 1. The van der Waals surface area contributed by atoms with Gasteiger partial charge in [-0.25, -0.2) is 0 Å². The van der Waals surface area contributed by atoms with Gasteiger partial charge in [0.05, 0.1) is 12.7 Å². The summed E-state index contributed by atoms with van der Waals surface area (Å²) >= 11 is 0. The fraction of sp³-hybridized carbons (Fsp3) is 0.316. The quantitative estimate of drug-likeness (QED) is 0.696.